The highest BCUT2D eigenvalue weighted by molar-refractivity contribution is 5.85. The first kappa shape index (κ1) is 19.8. The zero-order valence-corrected chi connectivity index (χ0v) is 17.6. The second-order valence-electron chi connectivity index (χ2n) is 7.29. The van der Waals surface area contributed by atoms with Crippen molar-refractivity contribution in [2.45, 2.75) is 20.0 Å². The van der Waals surface area contributed by atoms with Gasteiger partial charge in [-0.25, -0.2) is 9.98 Å². The Morgan fingerprint density at radius 3 is 2.73 bits per heavy atom. The monoisotopic (exact) mass is 405 g/mol. The molecule has 30 heavy (non-hydrogen) atoms. The van der Waals surface area contributed by atoms with E-state index in [0.29, 0.717) is 13.1 Å². The Labute approximate surface area is 176 Å². The van der Waals surface area contributed by atoms with E-state index in [4.69, 9.17) is 19.5 Å². The van der Waals surface area contributed by atoms with Gasteiger partial charge in [0.2, 0.25) is 6.79 Å². The number of rotatable bonds is 6. The number of nitrogens with zero attached hydrogens (tertiary/aromatic N) is 3. The van der Waals surface area contributed by atoms with Crippen molar-refractivity contribution in [1.82, 2.24) is 15.6 Å². The van der Waals surface area contributed by atoms with Crippen LogP contribution >= 0.6 is 0 Å². The molecule has 3 aromatic rings. The molecule has 0 atom stereocenters. The van der Waals surface area contributed by atoms with Crippen LogP contribution in [0.15, 0.2) is 53.5 Å². The van der Waals surface area contributed by atoms with Crippen molar-refractivity contribution >= 4 is 22.7 Å². The van der Waals surface area contributed by atoms with E-state index in [-0.39, 0.29) is 6.79 Å². The molecule has 0 bridgehead atoms. The summed E-state index contributed by atoms with van der Waals surface area (Å²) in [5.74, 6) is 3.27. The van der Waals surface area contributed by atoms with E-state index in [1.165, 1.54) is 5.56 Å². The third-order valence-corrected chi connectivity index (χ3v) is 4.89. The van der Waals surface area contributed by atoms with Crippen LogP contribution in [-0.2, 0) is 13.1 Å². The minimum Gasteiger partial charge on any atom is -0.454 e. The number of aromatic nitrogens is 1. The summed E-state index contributed by atoms with van der Waals surface area (Å²) in [6.45, 7) is 4.32. The summed E-state index contributed by atoms with van der Waals surface area (Å²) in [4.78, 5) is 11.5. The fourth-order valence-electron chi connectivity index (χ4n) is 3.34. The number of para-hydroxylation sites is 1. The topological polar surface area (TPSA) is 71.0 Å². The number of ether oxygens (including phenoxy) is 2. The molecule has 0 unspecified atom stereocenters. The van der Waals surface area contributed by atoms with Gasteiger partial charge >= 0.3 is 0 Å². The minimum absolute atomic E-state index is 0.279. The molecule has 7 nitrogen and oxygen atoms in total. The van der Waals surface area contributed by atoms with Gasteiger partial charge in [-0.3, -0.25) is 0 Å². The quantitative estimate of drug-likeness (QED) is 0.484. The Hall–Kier alpha value is -3.48. The fraction of sp³-hybridized carbons (Fsp3) is 0.304. The summed E-state index contributed by atoms with van der Waals surface area (Å²) in [6, 6.07) is 16.3. The molecule has 0 radical (unpaired) electrons. The first-order valence-corrected chi connectivity index (χ1v) is 10.1. The highest BCUT2D eigenvalue weighted by Crippen LogP contribution is 2.32. The van der Waals surface area contributed by atoms with Crippen LogP contribution in [0, 0.1) is 0 Å². The molecule has 2 N–H and O–H groups in total. The van der Waals surface area contributed by atoms with Gasteiger partial charge in [-0.2, -0.15) is 0 Å². The third-order valence-electron chi connectivity index (χ3n) is 4.89. The summed E-state index contributed by atoms with van der Waals surface area (Å²) in [7, 11) is 4.01. The SMILES string of the molecule is CCNC(=NCc1ccc2c(c1)OCO2)NCc1cc(N(C)C)nc2ccccc12. The average Bonchev–Trinajstić information content (AvgIpc) is 3.23. The number of anilines is 1. The molecule has 0 amide bonds. The van der Waals surface area contributed by atoms with Crippen LogP contribution in [0.1, 0.15) is 18.1 Å². The van der Waals surface area contributed by atoms with Crippen molar-refractivity contribution in [3.05, 3.63) is 59.7 Å². The highest BCUT2D eigenvalue weighted by Gasteiger charge is 2.13. The number of fused-ring (bicyclic) bond motifs is 2. The summed E-state index contributed by atoms with van der Waals surface area (Å²) < 4.78 is 10.8. The Morgan fingerprint density at radius 1 is 1.07 bits per heavy atom. The van der Waals surface area contributed by atoms with Crippen LogP contribution in [-0.4, -0.2) is 38.4 Å². The van der Waals surface area contributed by atoms with Crippen LogP contribution in [0.5, 0.6) is 11.5 Å². The highest BCUT2D eigenvalue weighted by atomic mass is 16.7. The van der Waals surface area contributed by atoms with Crippen molar-refractivity contribution in [2.24, 2.45) is 4.99 Å². The van der Waals surface area contributed by atoms with Gasteiger partial charge in [0.1, 0.15) is 5.82 Å². The van der Waals surface area contributed by atoms with Gasteiger partial charge in [0, 0.05) is 32.6 Å². The van der Waals surface area contributed by atoms with E-state index in [1.807, 2.05) is 55.4 Å². The van der Waals surface area contributed by atoms with Gasteiger partial charge in [-0.05, 0) is 42.3 Å². The van der Waals surface area contributed by atoms with Crippen LogP contribution in [0.3, 0.4) is 0 Å². The lowest BCUT2D eigenvalue weighted by molar-refractivity contribution is 0.174. The molecule has 2 heterocycles. The Bertz CT molecular complexity index is 1060. The first-order chi connectivity index (χ1) is 14.6. The van der Waals surface area contributed by atoms with E-state index in [2.05, 4.69) is 29.7 Å². The Morgan fingerprint density at radius 2 is 1.90 bits per heavy atom. The lowest BCUT2D eigenvalue weighted by Gasteiger charge is -2.17. The van der Waals surface area contributed by atoms with Gasteiger partial charge in [-0.15, -0.1) is 0 Å². The summed E-state index contributed by atoms with van der Waals surface area (Å²) >= 11 is 0. The molecule has 1 aromatic heterocycles. The van der Waals surface area contributed by atoms with E-state index in [9.17, 15) is 0 Å². The van der Waals surface area contributed by atoms with E-state index < -0.39 is 0 Å². The minimum atomic E-state index is 0.279. The Balaban J connectivity index is 1.52. The summed E-state index contributed by atoms with van der Waals surface area (Å²) in [5, 5.41) is 7.91. The van der Waals surface area contributed by atoms with Crippen LogP contribution in [0.2, 0.25) is 0 Å². The lowest BCUT2D eigenvalue weighted by Crippen LogP contribution is -2.36. The standard InChI is InChI=1S/C23H27N5O2/c1-4-24-23(25-13-16-9-10-20-21(11-16)30-15-29-20)26-14-17-12-22(28(2)3)27-19-8-6-5-7-18(17)19/h5-12H,4,13-15H2,1-3H3,(H2,24,25,26). The first-order valence-electron chi connectivity index (χ1n) is 10.1. The van der Waals surface area contributed by atoms with Gasteiger partial charge in [0.25, 0.3) is 0 Å². The molecular weight excluding hydrogens is 378 g/mol. The van der Waals surface area contributed by atoms with Gasteiger partial charge in [0.15, 0.2) is 17.5 Å². The largest absolute Gasteiger partial charge is 0.454 e. The maximum atomic E-state index is 5.46. The zero-order valence-electron chi connectivity index (χ0n) is 17.6. The number of nitrogens with one attached hydrogen (secondary N) is 2. The van der Waals surface area contributed by atoms with Gasteiger partial charge in [-0.1, -0.05) is 24.3 Å². The molecule has 1 aliphatic heterocycles. The number of benzene rings is 2. The predicted molar refractivity (Wildman–Crippen MR) is 120 cm³/mol. The molecule has 0 saturated heterocycles. The number of guanidine groups is 1. The molecule has 0 fully saturated rings. The van der Waals surface area contributed by atoms with E-state index in [1.54, 1.807) is 0 Å². The molecule has 4 rings (SSSR count). The molecule has 1 aliphatic rings. The Kier molecular flexibility index (Phi) is 5.88. The smallest absolute Gasteiger partial charge is 0.231 e. The van der Waals surface area contributed by atoms with E-state index in [0.717, 1.165) is 46.3 Å². The number of aliphatic imine (C=N–C) groups is 1. The second-order valence-corrected chi connectivity index (χ2v) is 7.29. The molecule has 156 valence electrons. The van der Waals surface area contributed by atoms with Crippen molar-refractivity contribution in [2.75, 3.05) is 32.3 Å². The molecular formula is C23H27N5O2. The van der Waals surface area contributed by atoms with Crippen LogP contribution in [0.25, 0.3) is 10.9 Å². The van der Waals surface area contributed by atoms with Crippen LogP contribution < -0.4 is 25.0 Å². The number of hydrogen-bond donors (Lipinski definition) is 2. The number of pyridine rings is 1. The third kappa shape index (κ3) is 4.40. The van der Waals surface area contributed by atoms with Crippen molar-refractivity contribution in [1.29, 1.82) is 0 Å². The predicted octanol–water partition coefficient (Wildman–Crippen LogP) is 3.28. The molecule has 7 heteroatoms. The molecule has 0 spiro atoms. The maximum absolute atomic E-state index is 5.46. The van der Waals surface area contributed by atoms with Crippen molar-refractivity contribution in [3.8, 4) is 11.5 Å². The van der Waals surface area contributed by atoms with Crippen molar-refractivity contribution in [3.63, 3.8) is 0 Å². The summed E-state index contributed by atoms with van der Waals surface area (Å²) in [5.41, 5.74) is 3.24. The zero-order chi connectivity index (χ0) is 20.9. The fourth-order valence-corrected chi connectivity index (χ4v) is 3.34. The lowest BCUT2D eigenvalue weighted by atomic mass is 10.1. The van der Waals surface area contributed by atoms with Crippen molar-refractivity contribution < 1.29 is 9.47 Å². The van der Waals surface area contributed by atoms with E-state index >= 15 is 0 Å². The average molecular weight is 406 g/mol. The molecule has 0 saturated carbocycles. The number of hydrogen-bond acceptors (Lipinski definition) is 5. The second kappa shape index (κ2) is 8.90. The summed E-state index contributed by atoms with van der Waals surface area (Å²) in [6.07, 6.45) is 0. The molecule has 2 aromatic carbocycles. The van der Waals surface area contributed by atoms with Crippen LogP contribution in [0.4, 0.5) is 5.82 Å². The maximum Gasteiger partial charge on any atom is 0.231 e. The normalized spacial score (nSPS) is 12.8. The van der Waals surface area contributed by atoms with Gasteiger partial charge in [0.05, 0.1) is 12.1 Å². The molecule has 0 aliphatic carbocycles. The van der Waals surface area contributed by atoms with Gasteiger partial charge < -0.3 is 25.0 Å².